The van der Waals surface area contributed by atoms with E-state index in [2.05, 4.69) is 15.2 Å². The summed E-state index contributed by atoms with van der Waals surface area (Å²) in [6.07, 6.45) is 0.725. The number of aromatic nitrogens is 3. The normalized spacial score (nSPS) is 12.4. The molecule has 0 fully saturated rings. The van der Waals surface area contributed by atoms with Crippen LogP contribution in [0.2, 0.25) is 0 Å². The van der Waals surface area contributed by atoms with Crippen molar-refractivity contribution < 1.29 is 14.3 Å². The van der Waals surface area contributed by atoms with Gasteiger partial charge in [0.2, 0.25) is 5.78 Å². The highest BCUT2D eigenvalue weighted by molar-refractivity contribution is 6.11. The van der Waals surface area contributed by atoms with E-state index in [1.165, 1.54) is 0 Å². The van der Waals surface area contributed by atoms with Gasteiger partial charge in [-0.1, -0.05) is 36.4 Å². The molecule has 4 rings (SSSR count). The van der Waals surface area contributed by atoms with E-state index in [0.717, 1.165) is 16.4 Å². The third kappa shape index (κ3) is 2.57. The molecule has 2 aromatic carbocycles. The summed E-state index contributed by atoms with van der Waals surface area (Å²) in [5.74, 6) is -0.885. The van der Waals surface area contributed by atoms with E-state index in [4.69, 9.17) is 4.74 Å². The fraction of sp³-hybridized carbons (Fsp3) is 0.105. The third-order valence-electron chi connectivity index (χ3n) is 4.17. The van der Waals surface area contributed by atoms with Crippen LogP contribution >= 0.6 is 0 Å². The van der Waals surface area contributed by atoms with Gasteiger partial charge in [0.25, 0.3) is 0 Å². The van der Waals surface area contributed by atoms with E-state index >= 15 is 0 Å². The Balaban J connectivity index is 1.58. The van der Waals surface area contributed by atoms with Crippen LogP contribution in [0.1, 0.15) is 27.8 Å². The average Bonchev–Trinajstić information content (AvgIpc) is 3.25. The van der Waals surface area contributed by atoms with Gasteiger partial charge in [-0.3, -0.25) is 9.89 Å². The zero-order chi connectivity index (χ0) is 17.4. The van der Waals surface area contributed by atoms with Crippen molar-refractivity contribution in [1.82, 2.24) is 15.2 Å². The average molecular weight is 333 g/mol. The maximum atomic E-state index is 12.7. The summed E-state index contributed by atoms with van der Waals surface area (Å²) in [5, 5.41) is 8.26. The number of Topliss-reactive ketones (excluding diaryl/α,β-unsaturated/α-hetero) is 1. The number of rotatable bonds is 4. The molecule has 0 aliphatic heterocycles. The zero-order valence-electron chi connectivity index (χ0n) is 13.4. The molecule has 0 aliphatic rings. The minimum absolute atomic E-state index is 0.175. The molecular formula is C19H15N3O3. The second-order valence-corrected chi connectivity index (χ2v) is 5.78. The SMILES string of the molecule is CC(OC(=O)c1n[nH]c2ccccc12)C(=O)c1c[nH]c2ccccc12. The number of nitrogens with zero attached hydrogens (tertiary/aromatic N) is 1. The molecule has 2 N–H and O–H groups in total. The standard InChI is InChI=1S/C19H15N3O3/c1-11(18(23)14-10-20-15-8-4-2-6-12(14)15)25-19(24)17-13-7-3-5-9-16(13)21-22-17/h2-11,20H,1H3,(H,21,22). The molecule has 6 heteroatoms. The summed E-state index contributed by atoms with van der Waals surface area (Å²) < 4.78 is 5.35. The Morgan fingerprint density at radius 3 is 2.48 bits per heavy atom. The van der Waals surface area contributed by atoms with E-state index in [0.29, 0.717) is 10.9 Å². The van der Waals surface area contributed by atoms with Crippen molar-refractivity contribution in [2.45, 2.75) is 13.0 Å². The number of carbonyl (C=O) groups is 2. The quantitative estimate of drug-likeness (QED) is 0.442. The molecule has 2 aromatic heterocycles. The molecule has 1 unspecified atom stereocenters. The maximum Gasteiger partial charge on any atom is 0.360 e. The van der Waals surface area contributed by atoms with Gasteiger partial charge >= 0.3 is 5.97 Å². The van der Waals surface area contributed by atoms with Crippen LogP contribution in [0.25, 0.3) is 21.8 Å². The van der Waals surface area contributed by atoms with Gasteiger partial charge in [-0.2, -0.15) is 5.10 Å². The molecule has 25 heavy (non-hydrogen) atoms. The number of esters is 1. The maximum absolute atomic E-state index is 12.7. The highest BCUT2D eigenvalue weighted by atomic mass is 16.5. The number of ether oxygens (including phenoxy) is 1. The summed E-state index contributed by atoms with van der Waals surface area (Å²) in [6.45, 7) is 1.57. The Hall–Kier alpha value is -3.41. The highest BCUT2D eigenvalue weighted by Crippen LogP contribution is 2.21. The van der Waals surface area contributed by atoms with Gasteiger partial charge < -0.3 is 9.72 Å². The molecule has 0 spiro atoms. The lowest BCUT2D eigenvalue weighted by Crippen LogP contribution is -2.24. The van der Waals surface area contributed by atoms with Gasteiger partial charge in [0.1, 0.15) is 0 Å². The Bertz CT molecular complexity index is 1090. The van der Waals surface area contributed by atoms with E-state index in [1.807, 2.05) is 42.5 Å². The van der Waals surface area contributed by atoms with Gasteiger partial charge in [0.05, 0.1) is 5.52 Å². The number of aromatic amines is 2. The summed E-state index contributed by atoms with van der Waals surface area (Å²) >= 11 is 0. The smallest absolute Gasteiger partial charge is 0.360 e. The number of carbonyl (C=O) groups excluding carboxylic acids is 2. The molecule has 1 atom stereocenters. The minimum Gasteiger partial charge on any atom is -0.449 e. The highest BCUT2D eigenvalue weighted by Gasteiger charge is 2.24. The predicted molar refractivity (Wildman–Crippen MR) is 93.6 cm³/mol. The summed E-state index contributed by atoms with van der Waals surface area (Å²) in [7, 11) is 0. The first-order valence-electron chi connectivity index (χ1n) is 7.89. The molecule has 0 saturated heterocycles. The number of hydrogen-bond acceptors (Lipinski definition) is 4. The van der Waals surface area contributed by atoms with Crippen molar-refractivity contribution in [3.05, 3.63) is 66.0 Å². The molecule has 0 aliphatic carbocycles. The third-order valence-corrected chi connectivity index (χ3v) is 4.17. The van der Waals surface area contributed by atoms with Crippen molar-refractivity contribution in [3.8, 4) is 0 Å². The zero-order valence-corrected chi connectivity index (χ0v) is 13.4. The largest absolute Gasteiger partial charge is 0.449 e. The van der Waals surface area contributed by atoms with Crippen LogP contribution < -0.4 is 0 Å². The minimum atomic E-state index is -0.915. The first-order chi connectivity index (χ1) is 12.1. The fourth-order valence-corrected chi connectivity index (χ4v) is 2.88. The van der Waals surface area contributed by atoms with Crippen LogP contribution in [0.3, 0.4) is 0 Å². The van der Waals surface area contributed by atoms with Gasteiger partial charge in [0.15, 0.2) is 11.8 Å². The van der Waals surface area contributed by atoms with Crippen LogP contribution in [-0.4, -0.2) is 33.0 Å². The Morgan fingerprint density at radius 1 is 1.00 bits per heavy atom. The lowest BCUT2D eigenvalue weighted by atomic mass is 10.1. The van der Waals surface area contributed by atoms with Crippen LogP contribution in [-0.2, 0) is 4.74 Å². The molecule has 0 saturated carbocycles. The van der Waals surface area contributed by atoms with E-state index in [1.54, 1.807) is 19.2 Å². The molecule has 0 bridgehead atoms. The second-order valence-electron chi connectivity index (χ2n) is 5.78. The molecule has 2 heterocycles. The van der Waals surface area contributed by atoms with E-state index in [-0.39, 0.29) is 11.5 Å². The van der Waals surface area contributed by atoms with Crippen molar-refractivity contribution >= 4 is 33.6 Å². The number of H-pyrrole nitrogens is 2. The topological polar surface area (TPSA) is 87.8 Å². The van der Waals surface area contributed by atoms with Gasteiger partial charge in [0, 0.05) is 28.0 Å². The summed E-state index contributed by atoms with van der Waals surface area (Å²) in [5.41, 5.74) is 2.28. The molecule has 4 aromatic rings. The Kier molecular flexibility index (Phi) is 3.57. The molecule has 0 amide bonds. The first kappa shape index (κ1) is 15.1. The van der Waals surface area contributed by atoms with Crippen molar-refractivity contribution in [2.75, 3.05) is 0 Å². The predicted octanol–water partition coefficient (Wildman–Crippen LogP) is 3.47. The molecule has 0 radical (unpaired) electrons. The fourth-order valence-electron chi connectivity index (χ4n) is 2.88. The Morgan fingerprint density at radius 2 is 1.68 bits per heavy atom. The van der Waals surface area contributed by atoms with Crippen molar-refractivity contribution in [1.29, 1.82) is 0 Å². The number of nitrogens with one attached hydrogen (secondary N) is 2. The first-order valence-corrected chi connectivity index (χ1v) is 7.89. The number of benzene rings is 2. The van der Waals surface area contributed by atoms with Crippen LogP contribution in [0.5, 0.6) is 0 Å². The van der Waals surface area contributed by atoms with Crippen LogP contribution in [0.15, 0.2) is 54.7 Å². The number of fused-ring (bicyclic) bond motifs is 2. The van der Waals surface area contributed by atoms with Gasteiger partial charge in [-0.15, -0.1) is 0 Å². The number of para-hydroxylation sites is 2. The summed E-state index contributed by atoms with van der Waals surface area (Å²) in [4.78, 5) is 28.1. The van der Waals surface area contributed by atoms with Crippen LogP contribution in [0, 0.1) is 0 Å². The van der Waals surface area contributed by atoms with Gasteiger partial charge in [-0.05, 0) is 19.1 Å². The number of ketones is 1. The van der Waals surface area contributed by atoms with Gasteiger partial charge in [-0.25, -0.2) is 4.79 Å². The molecule has 124 valence electrons. The lowest BCUT2D eigenvalue weighted by Gasteiger charge is -2.11. The monoisotopic (exact) mass is 333 g/mol. The second kappa shape index (κ2) is 5.90. The van der Waals surface area contributed by atoms with Crippen molar-refractivity contribution in [3.63, 3.8) is 0 Å². The van der Waals surface area contributed by atoms with E-state index < -0.39 is 12.1 Å². The molecular weight excluding hydrogens is 318 g/mol. The van der Waals surface area contributed by atoms with Crippen molar-refractivity contribution in [2.24, 2.45) is 0 Å². The molecule has 6 nitrogen and oxygen atoms in total. The van der Waals surface area contributed by atoms with Crippen LogP contribution in [0.4, 0.5) is 0 Å². The Labute approximate surface area is 142 Å². The van der Waals surface area contributed by atoms with E-state index in [9.17, 15) is 9.59 Å². The summed E-state index contributed by atoms with van der Waals surface area (Å²) in [6, 6.07) is 14.8. The number of hydrogen-bond donors (Lipinski definition) is 2. The lowest BCUT2D eigenvalue weighted by molar-refractivity contribution is 0.0315.